The fourth-order valence-corrected chi connectivity index (χ4v) is 4.70. The molecule has 0 atom stereocenters. The molecule has 0 fully saturated rings. The molecule has 35 heavy (non-hydrogen) atoms. The summed E-state index contributed by atoms with van der Waals surface area (Å²) in [6.45, 7) is 2.95. The highest BCUT2D eigenvalue weighted by molar-refractivity contribution is 7.92. The Balaban J connectivity index is 1.92. The highest BCUT2D eigenvalue weighted by atomic mass is 32.2. The quantitative estimate of drug-likeness (QED) is 0.269. The average Bonchev–Trinajstić information content (AvgIpc) is 2.84. The molecule has 0 unspecified atom stereocenters. The number of sulfonamides is 1. The van der Waals surface area contributed by atoms with Crippen LogP contribution >= 0.6 is 0 Å². The van der Waals surface area contributed by atoms with Crippen LogP contribution in [0.15, 0.2) is 77.7 Å². The van der Waals surface area contributed by atoms with Crippen LogP contribution in [0.2, 0.25) is 0 Å². The van der Waals surface area contributed by atoms with Crippen LogP contribution in [0, 0.1) is 17.0 Å². The number of ether oxygens (including phenoxy) is 1. The Hall–Kier alpha value is -4.25. The van der Waals surface area contributed by atoms with E-state index in [2.05, 4.69) is 5.32 Å². The van der Waals surface area contributed by atoms with Gasteiger partial charge in [-0.2, -0.15) is 0 Å². The Kier molecular flexibility index (Phi) is 7.82. The van der Waals surface area contributed by atoms with Gasteiger partial charge in [0.1, 0.15) is 6.54 Å². The predicted molar refractivity (Wildman–Crippen MR) is 130 cm³/mol. The number of nitro benzene ring substituents is 1. The normalized spacial score (nSPS) is 10.9. The van der Waals surface area contributed by atoms with Crippen LogP contribution in [-0.2, 0) is 19.6 Å². The summed E-state index contributed by atoms with van der Waals surface area (Å²) < 4.78 is 32.5. The maximum Gasteiger partial charge on any atom is 0.338 e. The van der Waals surface area contributed by atoms with Crippen molar-refractivity contribution in [3.8, 4) is 0 Å². The summed E-state index contributed by atoms with van der Waals surface area (Å²) in [5.74, 6) is -1.18. The third-order valence-corrected chi connectivity index (χ3v) is 6.75. The van der Waals surface area contributed by atoms with Crippen molar-refractivity contribution >= 4 is 39.0 Å². The second-order valence-corrected chi connectivity index (χ2v) is 9.26. The first-order valence-corrected chi connectivity index (χ1v) is 12.0. The summed E-state index contributed by atoms with van der Waals surface area (Å²) in [5, 5.41) is 13.9. The van der Waals surface area contributed by atoms with Gasteiger partial charge in [-0.15, -0.1) is 0 Å². The first kappa shape index (κ1) is 25.4. The van der Waals surface area contributed by atoms with E-state index >= 15 is 0 Å². The first-order chi connectivity index (χ1) is 16.6. The number of carbonyl (C=O) groups excluding carboxylic acids is 2. The largest absolute Gasteiger partial charge is 0.462 e. The average molecular weight is 498 g/mol. The van der Waals surface area contributed by atoms with E-state index in [1.54, 1.807) is 26.0 Å². The van der Waals surface area contributed by atoms with Crippen molar-refractivity contribution in [2.45, 2.75) is 18.7 Å². The fraction of sp³-hybridized carbons (Fsp3) is 0.167. The zero-order valence-electron chi connectivity index (χ0n) is 19.0. The van der Waals surface area contributed by atoms with E-state index < -0.39 is 33.4 Å². The highest BCUT2D eigenvalue weighted by Crippen LogP contribution is 2.27. The SMILES string of the molecule is CCOC(=O)c1ccc(NC(=O)CN(c2cccc([N+](=O)[O-])c2)S(=O)(=O)c2ccccc2)c(C)c1. The summed E-state index contributed by atoms with van der Waals surface area (Å²) in [6.07, 6.45) is 0. The molecule has 3 aromatic carbocycles. The number of carbonyl (C=O) groups is 2. The van der Waals surface area contributed by atoms with Gasteiger partial charge in [-0.25, -0.2) is 13.2 Å². The number of esters is 1. The van der Waals surface area contributed by atoms with Crippen LogP contribution in [0.4, 0.5) is 17.1 Å². The van der Waals surface area contributed by atoms with Crippen molar-refractivity contribution < 1.29 is 27.7 Å². The number of hydrogen-bond donors (Lipinski definition) is 1. The van der Waals surface area contributed by atoms with Crippen LogP contribution < -0.4 is 9.62 Å². The van der Waals surface area contributed by atoms with Crippen LogP contribution in [0.1, 0.15) is 22.8 Å². The topological polar surface area (TPSA) is 136 Å². The molecular weight excluding hydrogens is 474 g/mol. The molecule has 0 radical (unpaired) electrons. The van der Waals surface area contributed by atoms with Gasteiger partial charge in [0.05, 0.1) is 27.7 Å². The van der Waals surface area contributed by atoms with Gasteiger partial charge in [0, 0.05) is 17.8 Å². The zero-order valence-corrected chi connectivity index (χ0v) is 19.8. The van der Waals surface area contributed by atoms with Crippen molar-refractivity contribution in [2.75, 3.05) is 22.8 Å². The van der Waals surface area contributed by atoms with E-state index in [9.17, 15) is 28.1 Å². The molecule has 3 aromatic rings. The smallest absolute Gasteiger partial charge is 0.338 e. The first-order valence-electron chi connectivity index (χ1n) is 10.5. The van der Waals surface area contributed by atoms with Crippen molar-refractivity contribution in [3.05, 3.63) is 94.0 Å². The van der Waals surface area contributed by atoms with Gasteiger partial charge in [-0.1, -0.05) is 24.3 Å². The Morgan fingerprint density at radius 3 is 2.37 bits per heavy atom. The lowest BCUT2D eigenvalue weighted by Crippen LogP contribution is -2.38. The number of hydrogen-bond acceptors (Lipinski definition) is 7. The summed E-state index contributed by atoms with van der Waals surface area (Å²) >= 11 is 0. The number of amides is 1. The second-order valence-electron chi connectivity index (χ2n) is 7.40. The standard InChI is InChI=1S/C24H23N3O7S/c1-3-34-24(29)18-12-13-22(17(2)14-18)25-23(28)16-26(19-8-7-9-20(15-19)27(30)31)35(32,33)21-10-5-4-6-11-21/h4-15H,3,16H2,1-2H3,(H,25,28). The number of non-ortho nitro benzene ring substituents is 1. The van der Waals surface area contributed by atoms with Crippen molar-refractivity contribution in [3.63, 3.8) is 0 Å². The minimum absolute atomic E-state index is 0.0346. The Labute approximate surface area is 202 Å². The van der Waals surface area contributed by atoms with Crippen LogP contribution in [0.25, 0.3) is 0 Å². The molecule has 11 heteroatoms. The molecule has 0 saturated heterocycles. The van der Waals surface area contributed by atoms with Gasteiger partial charge in [0.25, 0.3) is 15.7 Å². The summed E-state index contributed by atoms with van der Waals surface area (Å²) in [4.78, 5) is 35.4. The number of benzene rings is 3. The van der Waals surface area contributed by atoms with Crippen LogP contribution in [0.5, 0.6) is 0 Å². The lowest BCUT2D eigenvalue weighted by atomic mass is 10.1. The predicted octanol–water partition coefficient (Wildman–Crippen LogP) is 3.91. The van der Waals surface area contributed by atoms with E-state index in [1.165, 1.54) is 54.6 Å². The maximum absolute atomic E-state index is 13.4. The monoisotopic (exact) mass is 497 g/mol. The second kappa shape index (κ2) is 10.8. The molecule has 3 rings (SSSR count). The van der Waals surface area contributed by atoms with E-state index in [-0.39, 0.29) is 22.9 Å². The summed E-state index contributed by atoms with van der Waals surface area (Å²) in [7, 11) is -4.23. The maximum atomic E-state index is 13.4. The van der Waals surface area contributed by atoms with Gasteiger partial charge < -0.3 is 10.1 Å². The number of nitrogens with one attached hydrogen (secondary N) is 1. The van der Waals surface area contributed by atoms with E-state index in [1.807, 2.05) is 0 Å². The lowest BCUT2D eigenvalue weighted by Gasteiger charge is -2.24. The Morgan fingerprint density at radius 2 is 1.74 bits per heavy atom. The summed E-state index contributed by atoms with van der Waals surface area (Å²) in [5.41, 5.74) is 0.900. The van der Waals surface area contributed by atoms with Crippen LogP contribution in [0.3, 0.4) is 0 Å². The van der Waals surface area contributed by atoms with E-state index in [0.717, 1.165) is 10.4 Å². The number of aryl methyl sites for hydroxylation is 1. The van der Waals surface area contributed by atoms with Gasteiger partial charge in [0.2, 0.25) is 5.91 Å². The molecule has 0 aliphatic carbocycles. The molecule has 1 N–H and O–H groups in total. The molecule has 182 valence electrons. The molecule has 0 spiro atoms. The number of nitrogens with zero attached hydrogens (tertiary/aromatic N) is 2. The molecular formula is C24H23N3O7S. The number of nitro groups is 1. The fourth-order valence-electron chi connectivity index (χ4n) is 3.26. The summed E-state index contributed by atoms with van der Waals surface area (Å²) in [6, 6.07) is 17.0. The van der Waals surface area contributed by atoms with Gasteiger partial charge in [-0.3, -0.25) is 19.2 Å². The van der Waals surface area contributed by atoms with Crippen molar-refractivity contribution in [1.82, 2.24) is 0 Å². The van der Waals surface area contributed by atoms with Crippen LogP contribution in [-0.4, -0.2) is 38.4 Å². The zero-order chi connectivity index (χ0) is 25.6. The Morgan fingerprint density at radius 1 is 1.03 bits per heavy atom. The Bertz CT molecular complexity index is 1360. The minimum atomic E-state index is -4.23. The molecule has 0 heterocycles. The third kappa shape index (κ3) is 6.01. The number of anilines is 2. The lowest BCUT2D eigenvalue weighted by molar-refractivity contribution is -0.384. The van der Waals surface area contributed by atoms with E-state index in [4.69, 9.17) is 4.74 Å². The van der Waals surface area contributed by atoms with Crippen molar-refractivity contribution in [2.24, 2.45) is 0 Å². The van der Waals surface area contributed by atoms with Gasteiger partial charge in [-0.05, 0) is 55.8 Å². The van der Waals surface area contributed by atoms with Crippen molar-refractivity contribution in [1.29, 1.82) is 0 Å². The minimum Gasteiger partial charge on any atom is -0.462 e. The van der Waals surface area contributed by atoms with Gasteiger partial charge >= 0.3 is 5.97 Å². The van der Waals surface area contributed by atoms with Gasteiger partial charge in [0.15, 0.2) is 0 Å². The molecule has 0 bridgehead atoms. The molecule has 0 aliphatic rings. The molecule has 0 aromatic heterocycles. The molecule has 10 nitrogen and oxygen atoms in total. The third-order valence-electron chi connectivity index (χ3n) is 4.96. The van der Waals surface area contributed by atoms with E-state index in [0.29, 0.717) is 16.8 Å². The number of rotatable bonds is 9. The molecule has 0 saturated carbocycles. The molecule has 1 amide bonds. The molecule has 0 aliphatic heterocycles. The highest BCUT2D eigenvalue weighted by Gasteiger charge is 2.28.